The van der Waals surface area contributed by atoms with Crippen molar-refractivity contribution in [3.63, 3.8) is 0 Å². The lowest BCUT2D eigenvalue weighted by atomic mass is 10.0. The molecule has 0 spiro atoms. The van der Waals surface area contributed by atoms with Crippen LogP contribution in [0.15, 0.2) is 97.1 Å². The van der Waals surface area contributed by atoms with Crippen LogP contribution in [0.1, 0.15) is 22.3 Å². The largest absolute Gasteiger partial charge is 0.375 e. The molecule has 14 heteroatoms. The first kappa shape index (κ1) is 29.2. The highest BCUT2D eigenvalue weighted by atomic mass is 32.2. The van der Waals surface area contributed by atoms with Crippen LogP contribution >= 0.6 is 0 Å². The fourth-order valence-electron chi connectivity index (χ4n) is 3.90. The van der Waals surface area contributed by atoms with E-state index in [2.05, 4.69) is 0 Å². The third-order valence-corrected chi connectivity index (χ3v) is 7.90. The van der Waals surface area contributed by atoms with Crippen LogP contribution in [-0.2, 0) is 38.2 Å². The molecule has 41 heavy (non-hydrogen) atoms. The zero-order valence-corrected chi connectivity index (χ0v) is 22.8. The van der Waals surface area contributed by atoms with Crippen LogP contribution in [0.2, 0.25) is 0 Å². The Hall–Kier alpha value is -4.82. The van der Waals surface area contributed by atoms with Crippen LogP contribution in [0.3, 0.4) is 0 Å². The van der Waals surface area contributed by atoms with Gasteiger partial charge in [-0.1, -0.05) is 72.8 Å². The van der Waals surface area contributed by atoms with Crippen LogP contribution in [0.5, 0.6) is 11.5 Å². The van der Waals surface area contributed by atoms with Crippen LogP contribution in [0.25, 0.3) is 0 Å². The molecule has 0 N–H and O–H groups in total. The topological polar surface area (TPSA) is 173 Å². The van der Waals surface area contributed by atoms with E-state index in [1.54, 1.807) is 60.7 Å². The highest BCUT2D eigenvalue weighted by Crippen LogP contribution is 2.33. The van der Waals surface area contributed by atoms with Gasteiger partial charge in [-0.25, -0.2) is 0 Å². The lowest BCUT2D eigenvalue weighted by molar-refractivity contribution is -0.385. The van der Waals surface area contributed by atoms with Crippen LogP contribution in [0, 0.1) is 20.2 Å². The van der Waals surface area contributed by atoms with Crippen molar-refractivity contribution in [3.8, 4) is 11.5 Å². The predicted octanol–water partition coefficient (Wildman–Crippen LogP) is 4.91. The van der Waals surface area contributed by atoms with E-state index in [1.165, 1.54) is 12.1 Å². The van der Waals surface area contributed by atoms with Gasteiger partial charge in [0.25, 0.3) is 0 Å². The van der Waals surface area contributed by atoms with Crippen molar-refractivity contribution in [1.82, 2.24) is 0 Å². The third-order valence-electron chi connectivity index (χ3n) is 5.65. The Morgan fingerprint density at radius 3 is 1.24 bits per heavy atom. The van der Waals surface area contributed by atoms with Crippen LogP contribution in [-0.4, -0.2) is 26.7 Å². The third kappa shape index (κ3) is 8.09. The molecule has 4 aromatic carbocycles. The highest BCUT2D eigenvalue weighted by molar-refractivity contribution is 7.86. The molecular weight excluding hydrogens is 576 g/mol. The van der Waals surface area contributed by atoms with E-state index in [9.17, 15) is 37.1 Å². The summed E-state index contributed by atoms with van der Waals surface area (Å²) in [5.41, 5.74) is 0.303. The van der Waals surface area contributed by atoms with E-state index in [0.717, 1.165) is 24.3 Å². The van der Waals surface area contributed by atoms with Crippen molar-refractivity contribution in [2.24, 2.45) is 0 Å². The first-order valence-corrected chi connectivity index (χ1v) is 15.0. The SMILES string of the molecule is O=[N+]([O-])c1cc(Cc2ccc(OS(=O)(=O)Cc3ccccc3)c([N+](=O)[O-])c2)ccc1OS(=O)(=O)Cc1ccccc1. The van der Waals surface area contributed by atoms with Crippen molar-refractivity contribution >= 4 is 31.6 Å². The van der Waals surface area contributed by atoms with E-state index in [0.29, 0.717) is 22.3 Å². The number of rotatable bonds is 12. The van der Waals surface area contributed by atoms with E-state index >= 15 is 0 Å². The second-order valence-corrected chi connectivity index (χ2v) is 12.0. The van der Waals surface area contributed by atoms with Crippen molar-refractivity contribution in [2.45, 2.75) is 17.9 Å². The molecule has 0 amide bonds. The molecule has 0 fully saturated rings. The molecule has 0 saturated carbocycles. The fraction of sp³-hybridized carbons (Fsp3) is 0.111. The summed E-state index contributed by atoms with van der Waals surface area (Å²) in [4.78, 5) is 21.8. The van der Waals surface area contributed by atoms with Gasteiger partial charge >= 0.3 is 31.6 Å². The minimum Gasteiger partial charge on any atom is -0.375 e. The molecule has 0 unspecified atom stereocenters. The fourth-order valence-corrected chi connectivity index (χ4v) is 6.05. The maximum atomic E-state index is 12.5. The molecule has 0 aliphatic carbocycles. The maximum Gasteiger partial charge on any atom is 0.313 e. The summed E-state index contributed by atoms with van der Waals surface area (Å²) in [5, 5.41) is 23.4. The molecule has 212 valence electrons. The lowest BCUT2D eigenvalue weighted by Gasteiger charge is -2.10. The quantitative estimate of drug-likeness (QED) is 0.124. The monoisotopic (exact) mass is 598 g/mol. The molecule has 4 aromatic rings. The number of benzene rings is 4. The average molecular weight is 599 g/mol. The predicted molar refractivity (Wildman–Crippen MR) is 148 cm³/mol. The molecule has 0 saturated heterocycles. The van der Waals surface area contributed by atoms with Gasteiger partial charge in [-0.15, -0.1) is 0 Å². The van der Waals surface area contributed by atoms with E-state index in [1.807, 2.05) is 0 Å². The Kier molecular flexibility index (Phi) is 8.64. The minimum absolute atomic E-state index is 0.0320. The van der Waals surface area contributed by atoms with Gasteiger partial charge in [-0.05, 0) is 40.8 Å². The summed E-state index contributed by atoms with van der Waals surface area (Å²) >= 11 is 0. The smallest absolute Gasteiger partial charge is 0.313 e. The van der Waals surface area contributed by atoms with Crippen molar-refractivity contribution in [2.75, 3.05) is 0 Å². The van der Waals surface area contributed by atoms with Gasteiger partial charge in [0.05, 0.1) is 9.85 Å². The molecule has 4 rings (SSSR count). The Bertz CT molecular complexity index is 1660. The summed E-state index contributed by atoms with van der Waals surface area (Å²) in [6.45, 7) is 0. The summed E-state index contributed by atoms with van der Waals surface area (Å²) in [5.74, 6) is -1.95. The molecule has 0 atom stereocenters. The molecule has 0 aliphatic rings. The summed E-state index contributed by atoms with van der Waals surface area (Å²) in [6.07, 6.45) is -0.0320. The second kappa shape index (κ2) is 12.1. The maximum absolute atomic E-state index is 12.5. The Labute approximate surface area is 235 Å². The zero-order valence-electron chi connectivity index (χ0n) is 21.2. The summed E-state index contributed by atoms with van der Waals surface area (Å²) in [7, 11) is -8.43. The molecule has 0 heterocycles. The lowest BCUT2D eigenvalue weighted by Crippen LogP contribution is -2.13. The van der Waals surface area contributed by atoms with Gasteiger partial charge in [0, 0.05) is 12.1 Å². The molecule has 0 aromatic heterocycles. The van der Waals surface area contributed by atoms with Crippen molar-refractivity contribution < 1.29 is 35.0 Å². The number of hydrogen-bond donors (Lipinski definition) is 0. The molecule has 12 nitrogen and oxygen atoms in total. The summed E-state index contributed by atoms with van der Waals surface area (Å²) < 4.78 is 60.0. The average Bonchev–Trinajstić information content (AvgIpc) is 2.90. The van der Waals surface area contributed by atoms with Crippen LogP contribution < -0.4 is 8.37 Å². The molecular formula is C27H22N2O10S2. The first-order valence-electron chi connectivity index (χ1n) is 11.9. The van der Waals surface area contributed by atoms with Gasteiger partial charge in [0.1, 0.15) is 11.5 Å². The van der Waals surface area contributed by atoms with Gasteiger partial charge in [-0.3, -0.25) is 20.2 Å². The molecule has 0 aliphatic heterocycles. The Balaban J connectivity index is 1.54. The molecule has 0 bridgehead atoms. The Morgan fingerprint density at radius 2 is 0.902 bits per heavy atom. The van der Waals surface area contributed by atoms with Crippen molar-refractivity contribution in [1.29, 1.82) is 0 Å². The van der Waals surface area contributed by atoms with Gasteiger partial charge in [0.15, 0.2) is 0 Å². The van der Waals surface area contributed by atoms with Gasteiger partial charge in [-0.2, -0.15) is 16.8 Å². The Morgan fingerprint density at radius 1 is 0.537 bits per heavy atom. The standard InChI is InChI=1S/C27H22N2O10S2/c30-28(31)24-16-22(11-13-26(24)38-40(34,35)18-20-7-3-1-4-8-20)15-23-12-14-27(25(17-23)29(32)33)39-41(36,37)19-21-9-5-2-6-10-21/h1-14,16-17H,15,18-19H2. The minimum atomic E-state index is -4.21. The second-order valence-electron chi connectivity index (χ2n) is 8.84. The van der Waals surface area contributed by atoms with Gasteiger partial charge in [0.2, 0.25) is 11.5 Å². The number of nitrogens with zero attached hydrogens (tertiary/aromatic N) is 2. The normalized spacial score (nSPS) is 11.5. The first-order chi connectivity index (χ1) is 19.4. The van der Waals surface area contributed by atoms with E-state index < -0.39 is 64.5 Å². The van der Waals surface area contributed by atoms with Crippen molar-refractivity contribution in [3.05, 3.63) is 140 Å². The van der Waals surface area contributed by atoms with E-state index in [4.69, 9.17) is 8.37 Å². The summed E-state index contributed by atoms with van der Waals surface area (Å²) in [6, 6.07) is 23.6. The zero-order chi connectivity index (χ0) is 29.6. The number of hydrogen-bond acceptors (Lipinski definition) is 10. The van der Waals surface area contributed by atoms with Crippen LogP contribution in [0.4, 0.5) is 11.4 Å². The number of nitro groups is 2. The van der Waals surface area contributed by atoms with E-state index in [-0.39, 0.29) is 6.42 Å². The number of nitro benzene ring substituents is 2. The van der Waals surface area contributed by atoms with Gasteiger partial charge < -0.3 is 8.37 Å². The highest BCUT2D eigenvalue weighted by Gasteiger charge is 2.25. The molecule has 0 radical (unpaired) electrons.